The van der Waals surface area contributed by atoms with E-state index in [1.54, 1.807) is 0 Å². The lowest BCUT2D eigenvalue weighted by atomic mass is 9.97. The number of hydrogen-bond donors (Lipinski definition) is 3. The fraction of sp³-hybridized carbons (Fsp3) is 0.500. The second-order valence-electron chi connectivity index (χ2n) is 5.01. The maximum Gasteiger partial charge on any atom is 0.255 e. The Morgan fingerprint density at radius 2 is 2.11 bits per heavy atom. The van der Waals surface area contributed by atoms with Crippen LogP contribution in [0.5, 0.6) is 5.75 Å². The van der Waals surface area contributed by atoms with E-state index in [0.717, 1.165) is 19.3 Å². The average molecular weight is 284 g/mol. The largest absolute Gasteiger partial charge is 0.507 e. The third kappa shape index (κ3) is 3.39. The molecule has 0 heterocycles. The van der Waals surface area contributed by atoms with Crippen molar-refractivity contribution in [1.29, 1.82) is 0 Å². The Morgan fingerprint density at radius 3 is 2.84 bits per heavy atom. The van der Waals surface area contributed by atoms with Gasteiger partial charge in [-0.25, -0.2) is 0 Å². The molecular weight excluding hydrogens is 266 g/mol. The summed E-state index contributed by atoms with van der Waals surface area (Å²) in [6.45, 7) is 0.693. The number of aliphatic hydroxyl groups is 1. The molecular formula is C14H18ClNO3. The van der Waals surface area contributed by atoms with Gasteiger partial charge in [-0.05, 0) is 42.9 Å². The van der Waals surface area contributed by atoms with Crippen molar-refractivity contribution in [3.05, 3.63) is 28.8 Å². The fourth-order valence-corrected chi connectivity index (χ4v) is 2.80. The van der Waals surface area contributed by atoms with E-state index in [9.17, 15) is 15.0 Å². The maximum absolute atomic E-state index is 12.0. The van der Waals surface area contributed by atoms with Crippen molar-refractivity contribution in [2.45, 2.75) is 19.3 Å². The van der Waals surface area contributed by atoms with Crippen molar-refractivity contribution < 1.29 is 15.0 Å². The van der Waals surface area contributed by atoms with Gasteiger partial charge in [-0.2, -0.15) is 0 Å². The molecule has 2 atom stereocenters. The third-order valence-electron chi connectivity index (χ3n) is 3.78. The van der Waals surface area contributed by atoms with Gasteiger partial charge in [-0.1, -0.05) is 18.0 Å². The van der Waals surface area contributed by atoms with E-state index in [2.05, 4.69) is 5.32 Å². The van der Waals surface area contributed by atoms with Gasteiger partial charge in [0.15, 0.2) is 0 Å². The molecule has 104 valence electrons. The standard InChI is InChI=1S/C14H18ClNO3/c15-11-4-5-13(18)12(6-11)14(19)16-7-9-2-1-3-10(9)8-17/h4-6,9-10,17-18H,1-3,7-8H2,(H,16,19). The van der Waals surface area contributed by atoms with Crippen molar-refractivity contribution in [3.8, 4) is 5.75 Å². The first-order chi connectivity index (χ1) is 9.11. The highest BCUT2D eigenvalue weighted by molar-refractivity contribution is 6.31. The van der Waals surface area contributed by atoms with Gasteiger partial charge in [0.2, 0.25) is 0 Å². The predicted octanol–water partition coefficient (Wildman–Crippen LogP) is 2.18. The molecule has 0 saturated heterocycles. The number of carbonyl (C=O) groups is 1. The molecule has 5 heteroatoms. The molecule has 0 aromatic heterocycles. The van der Waals surface area contributed by atoms with Crippen molar-refractivity contribution in [2.24, 2.45) is 11.8 Å². The van der Waals surface area contributed by atoms with E-state index in [4.69, 9.17) is 11.6 Å². The molecule has 1 aromatic rings. The summed E-state index contributed by atoms with van der Waals surface area (Å²) in [4.78, 5) is 12.0. The molecule has 1 amide bonds. The summed E-state index contributed by atoms with van der Waals surface area (Å²) in [6, 6.07) is 4.39. The monoisotopic (exact) mass is 283 g/mol. The van der Waals surface area contributed by atoms with Crippen molar-refractivity contribution in [1.82, 2.24) is 5.32 Å². The molecule has 1 aliphatic rings. The Bertz CT molecular complexity index is 464. The number of nitrogens with one attached hydrogen (secondary N) is 1. The van der Waals surface area contributed by atoms with E-state index >= 15 is 0 Å². The summed E-state index contributed by atoms with van der Waals surface area (Å²) >= 11 is 5.81. The van der Waals surface area contributed by atoms with Gasteiger partial charge in [0.1, 0.15) is 5.75 Å². The number of phenolic OH excluding ortho intramolecular Hbond substituents is 1. The van der Waals surface area contributed by atoms with E-state index < -0.39 is 0 Å². The molecule has 0 radical (unpaired) electrons. The van der Waals surface area contributed by atoms with E-state index in [1.165, 1.54) is 18.2 Å². The lowest BCUT2D eigenvalue weighted by Crippen LogP contribution is -2.31. The summed E-state index contributed by atoms with van der Waals surface area (Å²) in [5, 5.41) is 22.1. The first-order valence-electron chi connectivity index (χ1n) is 6.49. The van der Waals surface area contributed by atoms with Gasteiger partial charge in [0, 0.05) is 18.2 Å². The van der Waals surface area contributed by atoms with Crippen LogP contribution in [0.1, 0.15) is 29.6 Å². The smallest absolute Gasteiger partial charge is 0.255 e. The molecule has 0 spiro atoms. The summed E-state index contributed by atoms with van der Waals surface area (Å²) in [5.74, 6) is 0.180. The number of phenols is 1. The highest BCUT2D eigenvalue weighted by Crippen LogP contribution is 2.30. The van der Waals surface area contributed by atoms with Crippen LogP contribution in [-0.4, -0.2) is 29.3 Å². The molecule has 1 saturated carbocycles. The summed E-state index contributed by atoms with van der Waals surface area (Å²) in [6.07, 6.45) is 3.13. The Kier molecular flexibility index (Phi) is 4.66. The third-order valence-corrected chi connectivity index (χ3v) is 4.01. The minimum absolute atomic E-state index is 0.0768. The number of rotatable bonds is 4. The zero-order chi connectivity index (χ0) is 13.8. The molecule has 1 fully saturated rings. The topological polar surface area (TPSA) is 69.6 Å². The van der Waals surface area contributed by atoms with Gasteiger partial charge >= 0.3 is 0 Å². The molecule has 0 bridgehead atoms. The van der Waals surface area contributed by atoms with E-state index in [0.29, 0.717) is 17.5 Å². The molecule has 19 heavy (non-hydrogen) atoms. The highest BCUT2D eigenvalue weighted by Gasteiger charge is 2.27. The lowest BCUT2D eigenvalue weighted by Gasteiger charge is -2.18. The minimum atomic E-state index is -0.330. The molecule has 4 nitrogen and oxygen atoms in total. The zero-order valence-electron chi connectivity index (χ0n) is 10.6. The summed E-state index contributed by atoms with van der Waals surface area (Å²) in [5.41, 5.74) is 0.186. The van der Waals surface area contributed by atoms with Crippen LogP contribution in [0.25, 0.3) is 0 Å². The molecule has 1 aliphatic carbocycles. The average Bonchev–Trinajstić information content (AvgIpc) is 2.86. The number of aromatic hydroxyl groups is 1. The van der Waals surface area contributed by atoms with Gasteiger partial charge in [-0.15, -0.1) is 0 Å². The zero-order valence-corrected chi connectivity index (χ0v) is 11.4. The number of hydrogen-bond acceptors (Lipinski definition) is 3. The first kappa shape index (κ1) is 14.2. The normalized spacial score (nSPS) is 22.4. The van der Waals surface area contributed by atoms with Gasteiger partial charge < -0.3 is 15.5 Å². The lowest BCUT2D eigenvalue weighted by molar-refractivity contribution is 0.0935. The Morgan fingerprint density at radius 1 is 1.37 bits per heavy atom. The number of benzene rings is 1. The number of aliphatic hydroxyl groups excluding tert-OH is 1. The summed E-state index contributed by atoms with van der Waals surface area (Å²) < 4.78 is 0. The minimum Gasteiger partial charge on any atom is -0.507 e. The molecule has 2 unspecified atom stereocenters. The first-order valence-corrected chi connectivity index (χ1v) is 6.87. The number of carbonyl (C=O) groups excluding carboxylic acids is 1. The van der Waals surface area contributed by atoms with E-state index in [1.807, 2.05) is 0 Å². The fourth-order valence-electron chi connectivity index (χ4n) is 2.63. The highest BCUT2D eigenvalue weighted by atomic mass is 35.5. The molecule has 2 rings (SSSR count). The van der Waals surface area contributed by atoms with Gasteiger partial charge in [0.25, 0.3) is 5.91 Å². The Balaban J connectivity index is 1.96. The van der Waals surface area contributed by atoms with Gasteiger partial charge in [0.05, 0.1) is 5.56 Å². The van der Waals surface area contributed by atoms with Crippen LogP contribution >= 0.6 is 11.6 Å². The van der Waals surface area contributed by atoms with Crippen LogP contribution in [0.3, 0.4) is 0 Å². The van der Waals surface area contributed by atoms with Gasteiger partial charge in [-0.3, -0.25) is 4.79 Å². The van der Waals surface area contributed by atoms with Crippen LogP contribution < -0.4 is 5.32 Å². The van der Waals surface area contributed by atoms with Crippen LogP contribution in [0.15, 0.2) is 18.2 Å². The Labute approximate surface area is 117 Å². The SMILES string of the molecule is O=C(NCC1CCCC1CO)c1cc(Cl)ccc1O. The van der Waals surface area contributed by atoms with Crippen molar-refractivity contribution in [3.63, 3.8) is 0 Å². The second-order valence-corrected chi connectivity index (χ2v) is 5.44. The van der Waals surface area contributed by atoms with E-state index in [-0.39, 0.29) is 29.7 Å². The molecule has 1 aromatic carbocycles. The molecule has 0 aliphatic heterocycles. The van der Waals surface area contributed by atoms with Crippen LogP contribution in [0.4, 0.5) is 0 Å². The van der Waals surface area contributed by atoms with Crippen molar-refractivity contribution >= 4 is 17.5 Å². The molecule has 3 N–H and O–H groups in total. The van der Waals surface area contributed by atoms with Crippen LogP contribution in [0.2, 0.25) is 5.02 Å². The summed E-state index contributed by atoms with van der Waals surface area (Å²) in [7, 11) is 0. The van der Waals surface area contributed by atoms with Crippen LogP contribution in [-0.2, 0) is 0 Å². The number of amides is 1. The number of halogens is 1. The predicted molar refractivity (Wildman–Crippen MR) is 73.4 cm³/mol. The van der Waals surface area contributed by atoms with Crippen LogP contribution in [0, 0.1) is 11.8 Å². The Hall–Kier alpha value is -1.26. The quantitative estimate of drug-likeness (QED) is 0.793. The maximum atomic E-state index is 12.0. The van der Waals surface area contributed by atoms with Crippen molar-refractivity contribution in [2.75, 3.05) is 13.2 Å². The second kappa shape index (κ2) is 6.26.